The molecule has 0 spiro atoms. The van der Waals surface area contributed by atoms with Crippen molar-refractivity contribution in [1.29, 1.82) is 0 Å². The van der Waals surface area contributed by atoms with E-state index in [0.29, 0.717) is 11.0 Å². The zero-order valence-electron chi connectivity index (χ0n) is 7.70. The molecule has 0 heterocycles. The van der Waals surface area contributed by atoms with Crippen LogP contribution in [0.15, 0.2) is 33.6 Å². The van der Waals surface area contributed by atoms with E-state index in [4.69, 9.17) is 0 Å². The second-order valence-electron chi connectivity index (χ2n) is 3.45. The molecule has 14 heavy (non-hydrogen) atoms. The molecule has 1 saturated carbocycles. The van der Waals surface area contributed by atoms with Crippen molar-refractivity contribution in [2.45, 2.75) is 29.4 Å². The Bertz CT molecular complexity index is 351. The smallest absolute Gasteiger partial charge is 0.134 e. The van der Waals surface area contributed by atoms with Gasteiger partial charge >= 0.3 is 0 Å². The summed E-state index contributed by atoms with van der Waals surface area (Å²) in [7, 11) is 0. The van der Waals surface area contributed by atoms with E-state index < -0.39 is 0 Å². The van der Waals surface area contributed by atoms with E-state index in [1.165, 1.54) is 4.90 Å². The molecule has 0 amide bonds. The Morgan fingerprint density at radius 2 is 2.14 bits per heavy atom. The summed E-state index contributed by atoms with van der Waals surface area (Å²) >= 11 is 5.33. The van der Waals surface area contributed by atoms with E-state index in [0.717, 1.165) is 23.7 Å². The molecule has 3 heteroatoms. The van der Waals surface area contributed by atoms with Crippen molar-refractivity contribution in [2.75, 3.05) is 0 Å². The molecule has 1 aliphatic carbocycles. The molecule has 0 saturated heterocycles. The third kappa shape index (κ3) is 2.39. The Labute approximate surface area is 96.4 Å². The molecule has 0 N–H and O–H groups in total. The lowest BCUT2D eigenvalue weighted by atomic mass is 10.4. The molecule has 1 fully saturated rings. The molecule has 1 unspecified atom stereocenters. The predicted octanol–water partition coefficient (Wildman–Crippen LogP) is 3.66. The molecule has 0 radical (unpaired) electrons. The van der Waals surface area contributed by atoms with Crippen LogP contribution >= 0.6 is 27.7 Å². The number of carbonyl (C=O) groups is 1. The van der Waals surface area contributed by atoms with E-state index >= 15 is 0 Å². The highest BCUT2D eigenvalue weighted by Crippen LogP contribution is 2.36. The van der Waals surface area contributed by atoms with E-state index in [-0.39, 0.29) is 0 Å². The van der Waals surface area contributed by atoms with Gasteiger partial charge in [-0.25, -0.2) is 0 Å². The SMILES string of the molecule is O=C1CCC(Sc2ccccc2Br)C1. The van der Waals surface area contributed by atoms with Crippen molar-refractivity contribution in [3.63, 3.8) is 0 Å². The second-order valence-corrected chi connectivity index (χ2v) is 5.65. The first kappa shape index (κ1) is 10.2. The van der Waals surface area contributed by atoms with Crippen molar-refractivity contribution in [2.24, 2.45) is 0 Å². The average molecular weight is 271 g/mol. The first-order valence-corrected chi connectivity index (χ1v) is 6.36. The molecule has 2 rings (SSSR count). The van der Waals surface area contributed by atoms with Gasteiger partial charge in [-0.3, -0.25) is 4.79 Å². The van der Waals surface area contributed by atoms with E-state index in [2.05, 4.69) is 22.0 Å². The fourth-order valence-corrected chi connectivity index (χ4v) is 3.37. The summed E-state index contributed by atoms with van der Waals surface area (Å²) in [6.07, 6.45) is 2.54. The fourth-order valence-electron chi connectivity index (χ4n) is 1.60. The molecule has 0 aliphatic heterocycles. The number of Topliss-reactive ketones (excluding diaryl/α,β-unsaturated/α-hetero) is 1. The quantitative estimate of drug-likeness (QED) is 0.816. The minimum atomic E-state index is 0.412. The molecule has 1 aliphatic rings. The predicted molar refractivity (Wildman–Crippen MR) is 62.6 cm³/mol. The van der Waals surface area contributed by atoms with Crippen LogP contribution in [0.4, 0.5) is 0 Å². The highest BCUT2D eigenvalue weighted by molar-refractivity contribution is 9.10. The van der Waals surface area contributed by atoms with Crippen molar-refractivity contribution < 1.29 is 4.79 Å². The van der Waals surface area contributed by atoms with Gasteiger partial charge in [0, 0.05) is 27.5 Å². The maximum absolute atomic E-state index is 11.1. The van der Waals surface area contributed by atoms with Gasteiger partial charge in [0.25, 0.3) is 0 Å². The number of ketones is 1. The van der Waals surface area contributed by atoms with Crippen LogP contribution < -0.4 is 0 Å². The van der Waals surface area contributed by atoms with Crippen LogP contribution in [0.25, 0.3) is 0 Å². The lowest BCUT2D eigenvalue weighted by Gasteiger charge is -2.08. The number of halogens is 1. The van der Waals surface area contributed by atoms with Crippen molar-refractivity contribution in [3.8, 4) is 0 Å². The standard InChI is InChI=1S/C11H11BrOS/c12-10-3-1-2-4-11(10)14-9-6-5-8(13)7-9/h1-4,9H,5-7H2. The number of hydrogen-bond donors (Lipinski definition) is 0. The summed E-state index contributed by atoms with van der Waals surface area (Å²) in [5.41, 5.74) is 0. The first-order chi connectivity index (χ1) is 6.75. The molecule has 1 aromatic rings. The highest BCUT2D eigenvalue weighted by atomic mass is 79.9. The molecule has 1 nitrogen and oxygen atoms in total. The normalized spacial score (nSPS) is 21.5. The van der Waals surface area contributed by atoms with Gasteiger partial charge in [0.2, 0.25) is 0 Å². The third-order valence-electron chi connectivity index (χ3n) is 2.33. The summed E-state index contributed by atoms with van der Waals surface area (Å²) in [6, 6.07) is 8.18. The number of hydrogen-bond acceptors (Lipinski definition) is 2. The number of rotatable bonds is 2. The number of thioether (sulfide) groups is 1. The second kappa shape index (κ2) is 4.49. The van der Waals surface area contributed by atoms with E-state index in [1.54, 1.807) is 0 Å². The zero-order chi connectivity index (χ0) is 9.97. The van der Waals surface area contributed by atoms with Gasteiger partial charge in [-0.2, -0.15) is 0 Å². The van der Waals surface area contributed by atoms with Crippen molar-refractivity contribution in [3.05, 3.63) is 28.7 Å². The maximum Gasteiger partial charge on any atom is 0.134 e. The molecular weight excluding hydrogens is 260 g/mol. The van der Waals surface area contributed by atoms with Crippen LogP contribution in [0.1, 0.15) is 19.3 Å². The van der Waals surface area contributed by atoms with Crippen LogP contribution in [0.5, 0.6) is 0 Å². The first-order valence-electron chi connectivity index (χ1n) is 4.68. The third-order valence-corrected chi connectivity index (χ3v) is 4.63. The number of benzene rings is 1. The van der Waals surface area contributed by atoms with Crippen LogP contribution in [0, 0.1) is 0 Å². The zero-order valence-corrected chi connectivity index (χ0v) is 10.1. The lowest BCUT2D eigenvalue weighted by molar-refractivity contribution is -0.117. The highest BCUT2D eigenvalue weighted by Gasteiger charge is 2.23. The van der Waals surface area contributed by atoms with Gasteiger partial charge in [-0.15, -0.1) is 11.8 Å². The molecule has 1 aromatic carbocycles. The summed E-state index contributed by atoms with van der Waals surface area (Å²) in [5, 5.41) is 0.487. The Morgan fingerprint density at radius 3 is 2.79 bits per heavy atom. The van der Waals surface area contributed by atoms with Gasteiger partial charge < -0.3 is 0 Å². The minimum absolute atomic E-state index is 0.412. The average Bonchev–Trinajstić information content (AvgIpc) is 2.56. The van der Waals surface area contributed by atoms with Gasteiger partial charge in [0.05, 0.1) is 0 Å². The molecular formula is C11H11BrOS. The van der Waals surface area contributed by atoms with Crippen LogP contribution in [-0.4, -0.2) is 11.0 Å². The summed E-state index contributed by atoms with van der Waals surface area (Å²) in [5.74, 6) is 0.412. The van der Waals surface area contributed by atoms with E-state index in [1.807, 2.05) is 30.0 Å². The Kier molecular flexibility index (Phi) is 3.29. The van der Waals surface area contributed by atoms with E-state index in [9.17, 15) is 4.79 Å². The Balaban J connectivity index is 2.04. The molecule has 0 aromatic heterocycles. The summed E-state index contributed by atoms with van der Waals surface area (Å²) in [6.45, 7) is 0. The topological polar surface area (TPSA) is 17.1 Å². The maximum atomic E-state index is 11.1. The molecule has 1 atom stereocenters. The number of carbonyl (C=O) groups excluding carboxylic acids is 1. The molecule has 74 valence electrons. The van der Waals surface area contributed by atoms with Gasteiger partial charge in [-0.05, 0) is 34.5 Å². The molecule has 0 bridgehead atoms. The van der Waals surface area contributed by atoms with Crippen LogP contribution in [0.2, 0.25) is 0 Å². The van der Waals surface area contributed by atoms with Crippen LogP contribution in [-0.2, 0) is 4.79 Å². The summed E-state index contributed by atoms with van der Waals surface area (Å²) in [4.78, 5) is 12.3. The van der Waals surface area contributed by atoms with Gasteiger partial charge in [0.15, 0.2) is 0 Å². The Morgan fingerprint density at radius 1 is 1.36 bits per heavy atom. The van der Waals surface area contributed by atoms with Crippen LogP contribution in [0.3, 0.4) is 0 Å². The van der Waals surface area contributed by atoms with Gasteiger partial charge in [0.1, 0.15) is 5.78 Å². The van der Waals surface area contributed by atoms with Crippen molar-refractivity contribution >= 4 is 33.5 Å². The Hall–Kier alpha value is -0.280. The minimum Gasteiger partial charge on any atom is -0.300 e. The lowest BCUT2D eigenvalue weighted by Crippen LogP contribution is -1.96. The summed E-state index contributed by atoms with van der Waals surface area (Å²) < 4.78 is 1.13. The monoisotopic (exact) mass is 270 g/mol. The van der Waals surface area contributed by atoms with Gasteiger partial charge in [-0.1, -0.05) is 12.1 Å². The fraction of sp³-hybridized carbons (Fsp3) is 0.364. The largest absolute Gasteiger partial charge is 0.300 e. The van der Waals surface area contributed by atoms with Crippen molar-refractivity contribution in [1.82, 2.24) is 0 Å².